The molecular formula is C5H4BF3N3-. The molecule has 0 aliphatic rings. The van der Waals surface area contributed by atoms with Gasteiger partial charge < -0.3 is 17.6 Å². The fourth-order valence-corrected chi connectivity index (χ4v) is 0.921. The van der Waals surface area contributed by atoms with Gasteiger partial charge in [-0.25, -0.2) is 0 Å². The van der Waals surface area contributed by atoms with Gasteiger partial charge in [0.05, 0.1) is 17.8 Å². The Morgan fingerprint density at radius 3 is 2.50 bits per heavy atom. The maximum atomic E-state index is 12.2. The Morgan fingerprint density at radius 2 is 2.17 bits per heavy atom. The molecule has 12 heavy (non-hydrogen) atoms. The van der Waals surface area contributed by atoms with Gasteiger partial charge in [0, 0.05) is 7.05 Å². The van der Waals surface area contributed by atoms with Crippen LogP contribution in [0.25, 0.3) is 0 Å². The lowest BCUT2D eigenvalue weighted by molar-refractivity contribution is 0.492. The summed E-state index contributed by atoms with van der Waals surface area (Å²) >= 11 is 0. The number of aryl methyl sites for hydroxylation is 1. The van der Waals surface area contributed by atoms with Crippen LogP contribution in [0.15, 0.2) is 6.20 Å². The molecule has 0 bridgehead atoms. The van der Waals surface area contributed by atoms with Gasteiger partial charge in [-0.1, -0.05) is 0 Å². The van der Waals surface area contributed by atoms with Crippen LogP contribution in [0.5, 0.6) is 0 Å². The number of hydrogen-bond acceptors (Lipinski definition) is 2. The molecule has 0 N–H and O–H groups in total. The van der Waals surface area contributed by atoms with Crippen LogP contribution in [0.4, 0.5) is 12.9 Å². The molecule has 0 aliphatic heterocycles. The molecule has 1 aromatic heterocycles. The monoisotopic (exact) mass is 174 g/mol. The standard InChI is InChI=1S/C5H4BF3N3/c1-12-5(6(7,8)9)4(2-10)3-11-12/h3H,1H3/q-1. The molecule has 0 amide bonds. The van der Waals surface area contributed by atoms with Crippen molar-refractivity contribution in [2.75, 3.05) is 0 Å². The van der Waals surface area contributed by atoms with Gasteiger partial charge in [0.2, 0.25) is 0 Å². The predicted octanol–water partition coefficient (Wildman–Crippen LogP) is 0.346. The first-order valence-electron chi connectivity index (χ1n) is 3.08. The number of rotatable bonds is 1. The minimum absolute atomic E-state index is 0.426. The van der Waals surface area contributed by atoms with Gasteiger partial charge in [0.25, 0.3) is 0 Å². The molecule has 1 aromatic rings. The molecular weight excluding hydrogens is 170 g/mol. The lowest BCUT2D eigenvalue weighted by Crippen LogP contribution is -2.41. The molecule has 1 heterocycles. The van der Waals surface area contributed by atoms with E-state index in [0.717, 1.165) is 13.2 Å². The van der Waals surface area contributed by atoms with Crippen LogP contribution < -0.4 is 5.59 Å². The fraction of sp³-hybridized carbons (Fsp3) is 0.200. The summed E-state index contributed by atoms with van der Waals surface area (Å²) in [5.41, 5.74) is -1.37. The minimum atomic E-state index is -5.15. The lowest BCUT2D eigenvalue weighted by Gasteiger charge is -2.14. The van der Waals surface area contributed by atoms with Gasteiger partial charge in [0.1, 0.15) is 0 Å². The second kappa shape index (κ2) is 2.55. The van der Waals surface area contributed by atoms with E-state index in [0.29, 0.717) is 4.68 Å². The largest absolute Gasteiger partial charge is 0.528 e. The normalized spacial score (nSPS) is 11.2. The Kier molecular flexibility index (Phi) is 1.84. The van der Waals surface area contributed by atoms with Crippen LogP contribution in [-0.4, -0.2) is 16.8 Å². The number of aromatic nitrogens is 2. The zero-order valence-electron chi connectivity index (χ0n) is 6.13. The second-order valence-corrected chi connectivity index (χ2v) is 2.25. The highest BCUT2D eigenvalue weighted by Gasteiger charge is 2.32. The van der Waals surface area contributed by atoms with Crippen LogP contribution in [0, 0.1) is 11.3 Å². The summed E-state index contributed by atoms with van der Waals surface area (Å²) < 4.78 is 37.2. The highest BCUT2D eigenvalue weighted by Crippen LogP contribution is 2.10. The average molecular weight is 174 g/mol. The zero-order valence-corrected chi connectivity index (χ0v) is 6.13. The van der Waals surface area contributed by atoms with Crippen molar-refractivity contribution in [3.05, 3.63) is 11.8 Å². The molecule has 0 aromatic carbocycles. The smallest absolute Gasteiger partial charge is 0.444 e. The van der Waals surface area contributed by atoms with E-state index in [4.69, 9.17) is 5.26 Å². The topological polar surface area (TPSA) is 41.6 Å². The molecule has 0 radical (unpaired) electrons. The van der Waals surface area contributed by atoms with Crippen LogP contribution in [-0.2, 0) is 7.05 Å². The number of hydrogen-bond donors (Lipinski definition) is 0. The number of nitriles is 1. The molecule has 0 atom stereocenters. The summed E-state index contributed by atoms with van der Waals surface area (Å²) in [5, 5.41) is 11.6. The first kappa shape index (κ1) is 8.65. The Bertz CT molecular complexity index is 335. The Hall–Kier alpha value is -1.45. The van der Waals surface area contributed by atoms with Crippen molar-refractivity contribution in [3.63, 3.8) is 0 Å². The highest BCUT2D eigenvalue weighted by molar-refractivity contribution is 6.73. The summed E-state index contributed by atoms with van der Waals surface area (Å²) in [6.45, 7) is -5.15. The van der Waals surface area contributed by atoms with E-state index in [1.165, 1.54) is 6.07 Å². The molecule has 3 nitrogen and oxygen atoms in total. The SMILES string of the molecule is Cn1ncc(C#N)c1[B-](F)(F)F. The lowest BCUT2D eigenvalue weighted by atomic mass is 9.83. The number of nitrogens with zero attached hydrogens (tertiary/aromatic N) is 3. The maximum Gasteiger partial charge on any atom is 0.528 e. The van der Waals surface area contributed by atoms with Gasteiger partial charge in [-0.05, 0) is 5.59 Å². The third kappa shape index (κ3) is 1.28. The summed E-state index contributed by atoms with van der Waals surface area (Å²) in [4.78, 5) is 0. The van der Waals surface area contributed by atoms with E-state index < -0.39 is 18.1 Å². The third-order valence-electron chi connectivity index (χ3n) is 1.42. The Balaban J connectivity index is 3.32. The fourth-order valence-electron chi connectivity index (χ4n) is 0.921. The zero-order chi connectivity index (χ0) is 9.35. The predicted molar refractivity (Wildman–Crippen MR) is 36.6 cm³/mol. The summed E-state index contributed by atoms with van der Waals surface area (Å²) in [6, 6.07) is 1.44. The molecule has 64 valence electrons. The van der Waals surface area contributed by atoms with Crippen molar-refractivity contribution in [1.29, 1.82) is 5.26 Å². The minimum Gasteiger partial charge on any atom is -0.444 e. The first-order chi connectivity index (χ1) is 5.46. The van der Waals surface area contributed by atoms with Gasteiger partial charge in [-0.2, -0.15) is 10.4 Å². The van der Waals surface area contributed by atoms with E-state index in [2.05, 4.69) is 5.10 Å². The van der Waals surface area contributed by atoms with Crippen molar-refractivity contribution in [3.8, 4) is 6.07 Å². The molecule has 7 heteroatoms. The van der Waals surface area contributed by atoms with E-state index in [9.17, 15) is 12.9 Å². The maximum absolute atomic E-state index is 12.2. The highest BCUT2D eigenvalue weighted by atomic mass is 19.4. The number of halogens is 3. The molecule has 0 saturated carbocycles. The van der Waals surface area contributed by atoms with E-state index in [1.54, 1.807) is 0 Å². The molecule has 0 spiro atoms. The summed E-state index contributed by atoms with van der Waals surface area (Å²) in [5.74, 6) is 0. The van der Waals surface area contributed by atoms with Crippen LogP contribution in [0.1, 0.15) is 5.56 Å². The molecule has 0 unspecified atom stereocenters. The van der Waals surface area contributed by atoms with Crippen molar-refractivity contribution in [2.24, 2.45) is 7.05 Å². The van der Waals surface area contributed by atoms with Crippen molar-refractivity contribution < 1.29 is 12.9 Å². The summed E-state index contributed by atoms with van der Waals surface area (Å²) in [6.07, 6.45) is 0.907. The molecule has 0 fully saturated rings. The average Bonchev–Trinajstić information content (AvgIpc) is 2.29. The quantitative estimate of drug-likeness (QED) is 0.576. The van der Waals surface area contributed by atoms with E-state index >= 15 is 0 Å². The van der Waals surface area contributed by atoms with Gasteiger partial charge in [-0.3, -0.25) is 0 Å². The van der Waals surface area contributed by atoms with Gasteiger partial charge in [0.15, 0.2) is 0 Å². The van der Waals surface area contributed by atoms with Crippen molar-refractivity contribution in [1.82, 2.24) is 9.78 Å². The third-order valence-corrected chi connectivity index (χ3v) is 1.42. The van der Waals surface area contributed by atoms with Gasteiger partial charge in [-0.15, -0.1) is 0 Å². The van der Waals surface area contributed by atoms with E-state index in [1.807, 2.05) is 0 Å². The van der Waals surface area contributed by atoms with Crippen LogP contribution in [0.3, 0.4) is 0 Å². The van der Waals surface area contributed by atoms with Crippen molar-refractivity contribution >= 4 is 12.6 Å². The van der Waals surface area contributed by atoms with Crippen LogP contribution >= 0.6 is 0 Å². The molecule has 1 rings (SSSR count). The van der Waals surface area contributed by atoms with Crippen LogP contribution in [0.2, 0.25) is 0 Å². The first-order valence-corrected chi connectivity index (χ1v) is 3.08. The van der Waals surface area contributed by atoms with Gasteiger partial charge >= 0.3 is 6.98 Å². The Morgan fingerprint density at radius 1 is 1.58 bits per heavy atom. The Labute approximate surface area is 66.5 Å². The van der Waals surface area contributed by atoms with Crippen molar-refractivity contribution in [2.45, 2.75) is 0 Å². The second-order valence-electron chi connectivity index (χ2n) is 2.25. The van der Waals surface area contributed by atoms with E-state index in [-0.39, 0.29) is 0 Å². The molecule has 0 saturated heterocycles. The summed E-state index contributed by atoms with van der Waals surface area (Å²) in [7, 11) is 1.16. The molecule has 0 aliphatic carbocycles.